The molecule has 0 aliphatic carbocycles. The fraction of sp³-hybridized carbons (Fsp3) is 0.833. The van der Waals surface area contributed by atoms with Gasteiger partial charge in [-0.1, -0.05) is 20.3 Å². The van der Waals surface area contributed by atoms with Gasteiger partial charge in [0.15, 0.2) is 0 Å². The summed E-state index contributed by atoms with van der Waals surface area (Å²) < 4.78 is 12.1. The molecule has 0 nitrogen and oxygen atoms in total. The van der Waals surface area contributed by atoms with E-state index in [2.05, 4.69) is 0 Å². The minimum atomic E-state index is -0.676. The molecule has 0 amide bonds. The van der Waals surface area contributed by atoms with Crippen LogP contribution in [0, 0.1) is 6.42 Å². The molecule has 1 atom stereocenters. The summed E-state index contributed by atoms with van der Waals surface area (Å²) in [7, 11) is 0. The van der Waals surface area contributed by atoms with Crippen LogP contribution in [0.5, 0.6) is 0 Å². The molecule has 43 valence electrons. The molecule has 1 radical (unpaired) electrons. The van der Waals surface area contributed by atoms with Crippen molar-refractivity contribution >= 4 is 0 Å². The van der Waals surface area contributed by atoms with Crippen molar-refractivity contribution in [2.75, 3.05) is 0 Å². The second-order valence-electron chi connectivity index (χ2n) is 1.57. The molecule has 0 fully saturated rings. The molecule has 0 aromatic rings. The lowest BCUT2D eigenvalue weighted by Crippen LogP contribution is -1.95. The zero-order chi connectivity index (χ0) is 5.70. The van der Waals surface area contributed by atoms with Crippen molar-refractivity contribution in [3.8, 4) is 0 Å². The Labute approximate surface area is 44.7 Å². The minimum absolute atomic E-state index is 0.619. The van der Waals surface area contributed by atoms with Gasteiger partial charge in [-0.2, -0.15) is 0 Å². The first-order chi connectivity index (χ1) is 3.31. The highest BCUT2D eigenvalue weighted by Gasteiger charge is 1.98. The summed E-state index contributed by atoms with van der Waals surface area (Å²) in [5, 5.41) is 0. The normalized spacial score (nSPS) is 14.1. The fourth-order valence-corrected chi connectivity index (χ4v) is 0.422. The van der Waals surface area contributed by atoms with E-state index in [0.29, 0.717) is 6.42 Å². The molecule has 1 unspecified atom stereocenters. The van der Waals surface area contributed by atoms with Gasteiger partial charge < -0.3 is 0 Å². The summed E-state index contributed by atoms with van der Waals surface area (Å²) in [6.45, 7) is 3.79. The van der Waals surface area contributed by atoms with Gasteiger partial charge in [-0.15, -0.1) is 0 Å². The first kappa shape index (κ1) is 6.93. The van der Waals surface area contributed by atoms with Crippen molar-refractivity contribution in [3.05, 3.63) is 6.42 Å². The van der Waals surface area contributed by atoms with Gasteiger partial charge in [-0.3, -0.25) is 0 Å². The predicted octanol–water partition coefficient (Wildman–Crippen LogP) is 2.35. The maximum Gasteiger partial charge on any atom is 0.103 e. The number of hydrogen-bond donors (Lipinski definition) is 0. The average Bonchev–Trinajstić information content (AvgIpc) is 1.68. The molecule has 0 aromatic heterocycles. The Morgan fingerprint density at radius 3 is 2.29 bits per heavy atom. The van der Waals surface area contributed by atoms with Crippen LogP contribution in [0.2, 0.25) is 0 Å². The first-order valence-corrected chi connectivity index (χ1v) is 2.78. The number of halogens is 1. The maximum absolute atomic E-state index is 12.1. The Balaban J connectivity index is 2.83. The van der Waals surface area contributed by atoms with Crippen molar-refractivity contribution in [1.29, 1.82) is 0 Å². The molecule has 0 spiro atoms. The van der Waals surface area contributed by atoms with Crippen molar-refractivity contribution < 1.29 is 4.39 Å². The Morgan fingerprint density at radius 1 is 1.57 bits per heavy atom. The molecule has 7 heavy (non-hydrogen) atoms. The zero-order valence-electron chi connectivity index (χ0n) is 4.95. The van der Waals surface area contributed by atoms with Crippen LogP contribution in [-0.4, -0.2) is 6.17 Å². The Hall–Kier alpha value is -0.0700. The van der Waals surface area contributed by atoms with Crippen molar-refractivity contribution in [2.24, 2.45) is 0 Å². The zero-order valence-corrected chi connectivity index (χ0v) is 4.95. The molecule has 0 aromatic carbocycles. The minimum Gasteiger partial charge on any atom is -0.247 e. The van der Waals surface area contributed by atoms with Gasteiger partial charge >= 0.3 is 0 Å². The van der Waals surface area contributed by atoms with E-state index in [1.807, 2.05) is 13.8 Å². The molecule has 0 aliphatic rings. The summed E-state index contributed by atoms with van der Waals surface area (Å²) in [6, 6.07) is 0. The fourth-order valence-electron chi connectivity index (χ4n) is 0.422. The Kier molecular flexibility index (Phi) is 4.06. The van der Waals surface area contributed by atoms with E-state index >= 15 is 0 Å². The molecule has 0 saturated heterocycles. The highest BCUT2D eigenvalue weighted by Crippen LogP contribution is 2.02. The lowest BCUT2D eigenvalue weighted by atomic mass is 10.2. The number of alkyl halides is 1. The summed E-state index contributed by atoms with van der Waals surface area (Å²) in [5.74, 6) is 0. The van der Waals surface area contributed by atoms with Crippen LogP contribution in [0.4, 0.5) is 4.39 Å². The van der Waals surface area contributed by atoms with E-state index in [4.69, 9.17) is 0 Å². The SMILES string of the molecule is CC[CH]C(F)CC. The van der Waals surface area contributed by atoms with E-state index in [9.17, 15) is 4.39 Å². The van der Waals surface area contributed by atoms with E-state index in [1.54, 1.807) is 6.42 Å². The third-order valence-corrected chi connectivity index (χ3v) is 0.881. The van der Waals surface area contributed by atoms with Crippen molar-refractivity contribution in [3.63, 3.8) is 0 Å². The van der Waals surface area contributed by atoms with Gasteiger partial charge in [0, 0.05) is 0 Å². The van der Waals surface area contributed by atoms with Crippen molar-refractivity contribution in [1.82, 2.24) is 0 Å². The van der Waals surface area contributed by atoms with Crippen LogP contribution in [0.25, 0.3) is 0 Å². The smallest absolute Gasteiger partial charge is 0.103 e. The molecule has 0 rings (SSSR count). The second-order valence-corrected chi connectivity index (χ2v) is 1.57. The van der Waals surface area contributed by atoms with Crippen LogP contribution in [0.3, 0.4) is 0 Å². The predicted molar refractivity (Wildman–Crippen MR) is 29.8 cm³/mol. The first-order valence-electron chi connectivity index (χ1n) is 2.78. The average molecular weight is 103 g/mol. The Morgan fingerprint density at radius 2 is 2.14 bits per heavy atom. The summed E-state index contributed by atoms with van der Waals surface area (Å²) in [4.78, 5) is 0. The molecule has 0 N–H and O–H groups in total. The summed E-state index contributed by atoms with van der Waals surface area (Å²) >= 11 is 0. The van der Waals surface area contributed by atoms with E-state index in [-0.39, 0.29) is 0 Å². The largest absolute Gasteiger partial charge is 0.247 e. The molecule has 0 aliphatic heterocycles. The molecular weight excluding hydrogens is 91.1 g/mol. The maximum atomic E-state index is 12.1. The lowest BCUT2D eigenvalue weighted by molar-refractivity contribution is 0.361. The molecule has 0 bridgehead atoms. The van der Waals surface area contributed by atoms with Gasteiger partial charge in [-0.05, 0) is 12.8 Å². The van der Waals surface area contributed by atoms with E-state index in [1.165, 1.54) is 0 Å². The van der Waals surface area contributed by atoms with Gasteiger partial charge in [0.1, 0.15) is 6.17 Å². The second kappa shape index (κ2) is 4.10. The number of rotatable bonds is 3. The monoisotopic (exact) mass is 103 g/mol. The van der Waals surface area contributed by atoms with Crippen LogP contribution in [-0.2, 0) is 0 Å². The Bertz CT molecular complexity index is 35.2. The van der Waals surface area contributed by atoms with Crippen LogP contribution >= 0.6 is 0 Å². The highest BCUT2D eigenvalue weighted by molar-refractivity contribution is 4.71. The third kappa shape index (κ3) is 3.77. The van der Waals surface area contributed by atoms with Crippen LogP contribution < -0.4 is 0 Å². The number of hydrogen-bond acceptors (Lipinski definition) is 0. The van der Waals surface area contributed by atoms with Gasteiger partial charge in [0.05, 0.1) is 0 Å². The van der Waals surface area contributed by atoms with Crippen LogP contribution in [0.1, 0.15) is 26.7 Å². The standard InChI is InChI=1S/C6H12F/c1-3-5-6(7)4-2/h5-6H,3-4H2,1-2H3. The van der Waals surface area contributed by atoms with Gasteiger partial charge in [-0.25, -0.2) is 4.39 Å². The molecular formula is C6H12F. The van der Waals surface area contributed by atoms with E-state index in [0.717, 1.165) is 6.42 Å². The third-order valence-electron chi connectivity index (χ3n) is 0.881. The quantitative estimate of drug-likeness (QED) is 0.514. The topological polar surface area (TPSA) is 0 Å². The lowest BCUT2D eigenvalue weighted by Gasteiger charge is -1.97. The van der Waals surface area contributed by atoms with Gasteiger partial charge in [0.25, 0.3) is 0 Å². The van der Waals surface area contributed by atoms with Crippen LogP contribution in [0.15, 0.2) is 0 Å². The highest BCUT2D eigenvalue weighted by atomic mass is 19.1. The summed E-state index contributed by atoms with van der Waals surface area (Å²) in [5.41, 5.74) is 0. The summed E-state index contributed by atoms with van der Waals surface area (Å²) in [6.07, 6.45) is 2.47. The van der Waals surface area contributed by atoms with E-state index < -0.39 is 6.17 Å². The molecule has 0 saturated carbocycles. The molecule has 1 heteroatoms. The van der Waals surface area contributed by atoms with Crippen molar-refractivity contribution in [2.45, 2.75) is 32.9 Å². The van der Waals surface area contributed by atoms with Gasteiger partial charge in [0.2, 0.25) is 0 Å². The molecule has 0 heterocycles.